The molecule has 0 saturated carbocycles. The van der Waals surface area contributed by atoms with Crippen LogP contribution >= 0.6 is 23.2 Å². The monoisotopic (exact) mass is 502 g/mol. The first-order chi connectivity index (χ1) is 14.9. The molecule has 3 aromatic rings. The number of rotatable bonds is 5. The van der Waals surface area contributed by atoms with Gasteiger partial charge >= 0.3 is 6.18 Å². The Morgan fingerprint density at radius 2 is 1.56 bits per heavy atom. The lowest BCUT2D eigenvalue weighted by atomic mass is 10.1. The van der Waals surface area contributed by atoms with Crippen LogP contribution in [0, 0.1) is 6.92 Å². The van der Waals surface area contributed by atoms with Crippen LogP contribution in [-0.4, -0.2) is 14.3 Å². The molecule has 0 radical (unpaired) electrons. The molecule has 0 saturated heterocycles. The Kier molecular flexibility index (Phi) is 6.73. The van der Waals surface area contributed by atoms with Gasteiger partial charge in [0.25, 0.3) is 15.9 Å². The van der Waals surface area contributed by atoms with Crippen molar-refractivity contribution in [1.29, 1.82) is 0 Å². The predicted octanol–water partition coefficient (Wildman–Crippen LogP) is 6.37. The fourth-order valence-corrected chi connectivity index (χ4v) is 4.55. The summed E-state index contributed by atoms with van der Waals surface area (Å²) >= 11 is 12.0. The second-order valence-electron chi connectivity index (χ2n) is 6.71. The van der Waals surface area contributed by atoms with E-state index in [2.05, 4.69) is 10.0 Å². The van der Waals surface area contributed by atoms with E-state index in [1.165, 1.54) is 12.1 Å². The maximum Gasteiger partial charge on any atom is 0.416 e. The minimum absolute atomic E-state index is 0.116. The number of carbonyl (C=O) groups is 1. The second-order valence-corrected chi connectivity index (χ2v) is 9.18. The van der Waals surface area contributed by atoms with E-state index in [9.17, 15) is 26.4 Å². The summed E-state index contributed by atoms with van der Waals surface area (Å²) in [7, 11) is -4.17. The van der Waals surface area contributed by atoms with Crippen LogP contribution in [-0.2, 0) is 16.2 Å². The molecule has 1 amide bonds. The molecule has 0 aromatic heterocycles. The Morgan fingerprint density at radius 3 is 2.22 bits per heavy atom. The van der Waals surface area contributed by atoms with Gasteiger partial charge in [0.05, 0.1) is 27.0 Å². The lowest BCUT2D eigenvalue weighted by molar-refractivity contribution is -0.137. The van der Waals surface area contributed by atoms with E-state index in [1.807, 2.05) is 0 Å². The predicted molar refractivity (Wildman–Crippen MR) is 118 cm³/mol. The van der Waals surface area contributed by atoms with Crippen molar-refractivity contribution in [1.82, 2.24) is 0 Å². The molecule has 11 heteroatoms. The number of para-hydroxylation sites is 1. The zero-order valence-corrected chi connectivity index (χ0v) is 18.6. The highest BCUT2D eigenvalue weighted by Gasteiger charge is 2.31. The number of benzene rings is 3. The summed E-state index contributed by atoms with van der Waals surface area (Å²) in [4.78, 5) is 12.3. The first kappa shape index (κ1) is 23.9. The first-order valence-electron chi connectivity index (χ1n) is 8.94. The largest absolute Gasteiger partial charge is 0.416 e. The van der Waals surface area contributed by atoms with Crippen molar-refractivity contribution >= 4 is 50.5 Å². The highest BCUT2D eigenvalue weighted by atomic mass is 35.5. The van der Waals surface area contributed by atoms with E-state index in [-0.39, 0.29) is 26.2 Å². The van der Waals surface area contributed by atoms with Crippen molar-refractivity contribution in [2.24, 2.45) is 0 Å². The number of halogens is 5. The number of carbonyl (C=O) groups excluding carboxylic acids is 1. The molecule has 168 valence electrons. The minimum Gasteiger partial charge on any atom is -0.321 e. The Bertz CT molecular complexity index is 1300. The van der Waals surface area contributed by atoms with Gasteiger partial charge in [-0.2, -0.15) is 13.2 Å². The fourth-order valence-electron chi connectivity index (χ4n) is 2.73. The molecule has 5 nitrogen and oxygen atoms in total. The second kappa shape index (κ2) is 9.01. The zero-order valence-electron chi connectivity index (χ0n) is 16.3. The highest BCUT2D eigenvalue weighted by Crippen LogP contribution is 2.34. The first-order valence-corrected chi connectivity index (χ1v) is 11.2. The van der Waals surface area contributed by atoms with E-state index < -0.39 is 27.7 Å². The van der Waals surface area contributed by atoms with Crippen LogP contribution in [0.15, 0.2) is 65.6 Å². The van der Waals surface area contributed by atoms with Crippen molar-refractivity contribution in [3.05, 3.63) is 87.4 Å². The van der Waals surface area contributed by atoms with Crippen LogP contribution in [0.2, 0.25) is 10.0 Å². The normalized spacial score (nSPS) is 11.8. The van der Waals surface area contributed by atoms with E-state index >= 15 is 0 Å². The van der Waals surface area contributed by atoms with Crippen molar-refractivity contribution in [3.63, 3.8) is 0 Å². The average Bonchev–Trinajstić information content (AvgIpc) is 2.70. The summed E-state index contributed by atoms with van der Waals surface area (Å²) in [5, 5.41) is 2.01. The molecule has 2 N–H and O–H groups in total. The molecule has 0 spiro atoms. The number of anilines is 2. The Morgan fingerprint density at radius 1 is 0.906 bits per heavy atom. The van der Waals surface area contributed by atoms with Gasteiger partial charge in [-0.1, -0.05) is 41.4 Å². The van der Waals surface area contributed by atoms with Crippen molar-refractivity contribution < 1.29 is 26.4 Å². The van der Waals surface area contributed by atoms with Gasteiger partial charge in [0.1, 0.15) is 4.90 Å². The molecule has 0 aliphatic heterocycles. The molecule has 0 bridgehead atoms. The molecule has 0 aliphatic carbocycles. The number of hydrogen-bond acceptors (Lipinski definition) is 3. The Balaban J connectivity index is 1.92. The van der Waals surface area contributed by atoms with Crippen molar-refractivity contribution in [3.8, 4) is 0 Å². The van der Waals surface area contributed by atoms with Gasteiger partial charge < -0.3 is 5.32 Å². The molecule has 0 fully saturated rings. The molecule has 3 aromatic carbocycles. The van der Waals surface area contributed by atoms with Gasteiger partial charge in [-0.05, 0) is 55.0 Å². The van der Waals surface area contributed by atoms with Crippen molar-refractivity contribution in [2.75, 3.05) is 10.0 Å². The average molecular weight is 503 g/mol. The van der Waals surface area contributed by atoms with Crippen LogP contribution in [0.25, 0.3) is 0 Å². The molecule has 0 aliphatic rings. The van der Waals surface area contributed by atoms with Crippen LogP contribution < -0.4 is 10.0 Å². The minimum atomic E-state index is -4.63. The molecule has 3 rings (SSSR count). The zero-order chi connectivity index (χ0) is 23.7. The highest BCUT2D eigenvalue weighted by molar-refractivity contribution is 7.92. The summed E-state index contributed by atoms with van der Waals surface area (Å²) in [6.45, 7) is 1.71. The van der Waals surface area contributed by atoms with Gasteiger partial charge in [0.2, 0.25) is 0 Å². The van der Waals surface area contributed by atoms with E-state index in [0.717, 1.165) is 18.2 Å². The molecule has 0 unspecified atom stereocenters. The smallest absolute Gasteiger partial charge is 0.321 e. The Hall–Kier alpha value is -2.75. The lowest BCUT2D eigenvalue weighted by Crippen LogP contribution is -2.17. The number of amides is 1. The van der Waals surface area contributed by atoms with E-state index in [1.54, 1.807) is 31.2 Å². The summed E-state index contributed by atoms with van der Waals surface area (Å²) in [6, 6.07) is 12.6. The number of alkyl halides is 3. The standard InChI is InChI=1S/C21H15Cl2F3N2O3S/c1-12-4-2-3-5-17(12)28-32(30,31)19-10-13(6-8-16(19)23)20(29)27-18-11-14(21(24,25)26)7-9-15(18)22/h2-11,28H,1H3,(H,27,29). The maximum absolute atomic E-state index is 13.0. The van der Waals surface area contributed by atoms with Gasteiger partial charge in [-0.25, -0.2) is 8.42 Å². The third-order valence-corrected chi connectivity index (χ3v) is 6.59. The SMILES string of the molecule is Cc1ccccc1NS(=O)(=O)c1cc(C(=O)Nc2cc(C(F)(F)F)ccc2Cl)ccc1Cl. The number of hydrogen-bond donors (Lipinski definition) is 2. The third-order valence-electron chi connectivity index (χ3n) is 4.41. The molecule has 0 atom stereocenters. The summed E-state index contributed by atoms with van der Waals surface area (Å²) < 4.78 is 66.9. The molecule has 0 heterocycles. The number of sulfonamides is 1. The fraction of sp³-hybridized carbons (Fsp3) is 0.0952. The summed E-state index contributed by atoms with van der Waals surface area (Å²) in [6.07, 6.45) is -4.63. The van der Waals surface area contributed by atoms with Crippen LogP contribution in [0.4, 0.5) is 24.5 Å². The molecular weight excluding hydrogens is 488 g/mol. The quantitative estimate of drug-likeness (QED) is 0.425. The lowest BCUT2D eigenvalue weighted by Gasteiger charge is -2.14. The molecule has 32 heavy (non-hydrogen) atoms. The third kappa shape index (κ3) is 5.35. The van der Waals surface area contributed by atoms with Gasteiger partial charge in [-0.3, -0.25) is 9.52 Å². The summed E-state index contributed by atoms with van der Waals surface area (Å²) in [5.41, 5.74) is -0.426. The maximum atomic E-state index is 13.0. The Labute approximate surface area is 192 Å². The topological polar surface area (TPSA) is 75.3 Å². The summed E-state index contributed by atoms with van der Waals surface area (Å²) in [5.74, 6) is -0.866. The van der Waals surface area contributed by atoms with Crippen LogP contribution in [0.3, 0.4) is 0 Å². The van der Waals surface area contributed by atoms with Crippen LogP contribution in [0.1, 0.15) is 21.5 Å². The van der Waals surface area contributed by atoms with Gasteiger partial charge in [0.15, 0.2) is 0 Å². The van der Waals surface area contributed by atoms with Gasteiger partial charge in [0, 0.05) is 5.56 Å². The molecular formula is C21H15Cl2F3N2O3S. The van der Waals surface area contributed by atoms with Gasteiger partial charge in [-0.15, -0.1) is 0 Å². The number of nitrogens with one attached hydrogen (secondary N) is 2. The van der Waals surface area contributed by atoms with Crippen molar-refractivity contribution in [2.45, 2.75) is 18.0 Å². The van der Waals surface area contributed by atoms with Crippen LogP contribution in [0.5, 0.6) is 0 Å². The van der Waals surface area contributed by atoms with E-state index in [4.69, 9.17) is 23.2 Å². The number of aryl methyl sites for hydroxylation is 1. The van der Waals surface area contributed by atoms with E-state index in [0.29, 0.717) is 17.3 Å².